The molecule has 0 unspecified atom stereocenters. The van der Waals surface area contributed by atoms with Crippen LogP contribution in [0, 0.1) is 0 Å². The van der Waals surface area contributed by atoms with Gasteiger partial charge < -0.3 is 14.8 Å². The number of esters is 2. The van der Waals surface area contributed by atoms with Gasteiger partial charge in [0.2, 0.25) is 6.04 Å². The minimum atomic E-state index is -1.50. The average molecular weight is 283 g/mol. The Labute approximate surface area is 116 Å². The van der Waals surface area contributed by atoms with Crippen molar-refractivity contribution < 1.29 is 23.9 Å². The first kappa shape index (κ1) is 15.7. The molecule has 20 heavy (non-hydrogen) atoms. The summed E-state index contributed by atoms with van der Waals surface area (Å²) in [5.41, 5.74) is 0.0890. The fourth-order valence-electron chi connectivity index (χ4n) is 1.41. The van der Waals surface area contributed by atoms with E-state index in [0.717, 1.165) is 0 Å². The molecule has 0 aliphatic carbocycles. The van der Waals surface area contributed by atoms with E-state index >= 15 is 0 Å². The fourth-order valence-corrected chi connectivity index (χ4v) is 1.41. The van der Waals surface area contributed by atoms with E-state index < -0.39 is 23.9 Å². The van der Waals surface area contributed by atoms with Crippen LogP contribution in [-0.4, -0.2) is 46.9 Å². The Morgan fingerprint density at radius 2 is 1.80 bits per heavy atom. The Morgan fingerprint density at radius 3 is 2.20 bits per heavy atom. The number of amides is 1. The Balaban J connectivity index is 2.80. The molecule has 1 rings (SSSR count). The summed E-state index contributed by atoms with van der Waals surface area (Å²) >= 11 is 0. The number of carbonyl (C=O) groups excluding carboxylic acids is 3. The van der Waals surface area contributed by atoms with Gasteiger partial charge in [0, 0.05) is 13.2 Å². The van der Waals surface area contributed by atoms with Gasteiger partial charge in [-0.15, -0.1) is 0 Å². The number of ether oxygens (including phenoxy) is 2. The number of carbonyl (C=O) groups is 3. The molecule has 8 heteroatoms. The van der Waals surface area contributed by atoms with Crippen LogP contribution in [0.25, 0.3) is 0 Å². The highest BCUT2D eigenvalue weighted by molar-refractivity contribution is 6.05. The summed E-state index contributed by atoms with van der Waals surface area (Å²) < 4.78 is 10.9. The molecule has 0 atom stereocenters. The molecule has 0 bridgehead atoms. The Hall–Kier alpha value is -2.38. The molecule has 0 aromatic carbocycles. The van der Waals surface area contributed by atoms with Crippen LogP contribution in [-0.2, 0) is 26.1 Å². The lowest BCUT2D eigenvalue weighted by Gasteiger charge is -2.15. The van der Waals surface area contributed by atoms with E-state index in [1.165, 1.54) is 10.7 Å². The van der Waals surface area contributed by atoms with Gasteiger partial charge in [-0.05, 0) is 19.9 Å². The SMILES string of the molecule is CCOC(=O)C(NC(=O)c1ccn(C)n1)C(=O)OCC. The molecule has 0 aliphatic rings. The summed E-state index contributed by atoms with van der Waals surface area (Å²) in [6.45, 7) is 3.38. The lowest BCUT2D eigenvalue weighted by atomic mass is 10.2. The summed E-state index contributed by atoms with van der Waals surface area (Å²) in [6.07, 6.45) is 1.57. The first-order valence-corrected chi connectivity index (χ1v) is 6.13. The number of rotatable bonds is 6. The predicted molar refractivity (Wildman–Crippen MR) is 67.7 cm³/mol. The highest BCUT2D eigenvalue weighted by atomic mass is 16.6. The maximum Gasteiger partial charge on any atom is 0.340 e. The van der Waals surface area contributed by atoms with Gasteiger partial charge in [-0.25, -0.2) is 9.59 Å². The van der Waals surface area contributed by atoms with Crippen molar-refractivity contribution in [1.82, 2.24) is 15.1 Å². The van der Waals surface area contributed by atoms with Crippen molar-refractivity contribution in [3.8, 4) is 0 Å². The molecular formula is C12H17N3O5. The number of hydrogen-bond donors (Lipinski definition) is 1. The standard InChI is InChI=1S/C12H17N3O5/c1-4-19-11(17)9(12(18)20-5-2)13-10(16)8-6-7-15(3)14-8/h6-7,9H,4-5H2,1-3H3,(H,13,16). The molecular weight excluding hydrogens is 266 g/mol. The van der Waals surface area contributed by atoms with Gasteiger partial charge >= 0.3 is 11.9 Å². The number of hydrogen-bond acceptors (Lipinski definition) is 6. The normalized spacial score (nSPS) is 10.2. The van der Waals surface area contributed by atoms with Gasteiger partial charge in [-0.1, -0.05) is 0 Å². The molecule has 0 aliphatic heterocycles. The molecule has 0 saturated carbocycles. The molecule has 1 aromatic rings. The Bertz CT molecular complexity index is 479. The third kappa shape index (κ3) is 4.08. The number of nitrogens with zero attached hydrogens (tertiary/aromatic N) is 2. The van der Waals surface area contributed by atoms with E-state index in [0.29, 0.717) is 0 Å². The van der Waals surface area contributed by atoms with Crippen molar-refractivity contribution in [2.45, 2.75) is 19.9 Å². The average Bonchev–Trinajstić information content (AvgIpc) is 2.83. The summed E-state index contributed by atoms with van der Waals surface area (Å²) in [5, 5.41) is 6.13. The second-order valence-corrected chi connectivity index (χ2v) is 3.79. The minimum Gasteiger partial charge on any atom is -0.464 e. The van der Waals surface area contributed by atoms with Gasteiger partial charge in [0.25, 0.3) is 5.91 Å². The summed E-state index contributed by atoms with van der Waals surface area (Å²) in [6, 6.07) is -0.0349. The molecule has 0 spiro atoms. The van der Waals surface area contributed by atoms with Gasteiger partial charge in [-0.2, -0.15) is 5.10 Å². The smallest absolute Gasteiger partial charge is 0.340 e. The monoisotopic (exact) mass is 283 g/mol. The van der Waals surface area contributed by atoms with Crippen LogP contribution in [0.2, 0.25) is 0 Å². The molecule has 1 aromatic heterocycles. The van der Waals surface area contributed by atoms with Crippen LogP contribution in [0.4, 0.5) is 0 Å². The van der Waals surface area contributed by atoms with E-state index in [2.05, 4.69) is 10.4 Å². The maximum atomic E-state index is 11.9. The molecule has 0 radical (unpaired) electrons. The van der Waals surface area contributed by atoms with Crippen molar-refractivity contribution >= 4 is 17.8 Å². The Kier molecular flexibility index (Phi) is 5.70. The summed E-state index contributed by atoms with van der Waals surface area (Å²) in [5.74, 6) is -2.39. The van der Waals surface area contributed by atoms with E-state index in [1.807, 2.05) is 0 Å². The highest BCUT2D eigenvalue weighted by Crippen LogP contribution is 1.99. The first-order chi connectivity index (χ1) is 9.49. The predicted octanol–water partition coefficient (Wildman–Crippen LogP) is -0.355. The van der Waals surface area contributed by atoms with Crippen LogP contribution < -0.4 is 5.32 Å². The number of aryl methyl sites for hydroxylation is 1. The van der Waals surface area contributed by atoms with Crippen molar-refractivity contribution in [3.63, 3.8) is 0 Å². The lowest BCUT2D eigenvalue weighted by Crippen LogP contribution is -2.48. The van der Waals surface area contributed by atoms with E-state index in [9.17, 15) is 14.4 Å². The van der Waals surface area contributed by atoms with Gasteiger partial charge in [0.05, 0.1) is 13.2 Å². The van der Waals surface area contributed by atoms with Crippen LogP contribution in [0.15, 0.2) is 12.3 Å². The first-order valence-electron chi connectivity index (χ1n) is 6.13. The number of aromatic nitrogens is 2. The van der Waals surface area contributed by atoms with Crippen LogP contribution in [0.5, 0.6) is 0 Å². The van der Waals surface area contributed by atoms with Gasteiger partial charge in [0.1, 0.15) is 5.69 Å². The topological polar surface area (TPSA) is 99.5 Å². The summed E-state index contributed by atoms with van der Waals surface area (Å²) in [4.78, 5) is 35.2. The quantitative estimate of drug-likeness (QED) is 0.565. The third-order valence-electron chi connectivity index (χ3n) is 2.27. The largest absolute Gasteiger partial charge is 0.464 e. The molecule has 1 heterocycles. The zero-order valence-corrected chi connectivity index (χ0v) is 11.6. The molecule has 110 valence electrons. The second kappa shape index (κ2) is 7.27. The molecule has 1 N–H and O–H groups in total. The zero-order chi connectivity index (χ0) is 15.1. The van der Waals surface area contributed by atoms with Crippen molar-refractivity contribution in [1.29, 1.82) is 0 Å². The third-order valence-corrected chi connectivity index (χ3v) is 2.27. The molecule has 8 nitrogen and oxygen atoms in total. The number of nitrogens with one attached hydrogen (secondary N) is 1. The van der Waals surface area contributed by atoms with Crippen molar-refractivity contribution in [3.05, 3.63) is 18.0 Å². The summed E-state index contributed by atoms with van der Waals surface area (Å²) in [7, 11) is 1.64. The minimum absolute atomic E-state index is 0.0890. The van der Waals surface area contributed by atoms with Crippen LogP contribution in [0.1, 0.15) is 24.3 Å². The van der Waals surface area contributed by atoms with E-state index in [4.69, 9.17) is 9.47 Å². The van der Waals surface area contributed by atoms with Crippen LogP contribution in [0.3, 0.4) is 0 Å². The van der Waals surface area contributed by atoms with Crippen LogP contribution >= 0.6 is 0 Å². The van der Waals surface area contributed by atoms with Crippen molar-refractivity contribution in [2.75, 3.05) is 13.2 Å². The molecule has 0 saturated heterocycles. The van der Waals surface area contributed by atoms with E-state index in [-0.39, 0.29) is 18.9 Å². The zero-order valence-electron chi connectivity index (χ0n) is 11.6. The molecule has 1 amide bonds. The Morgan fingerprint density at radius 1 is 1.25 bits per heavy atom. The highest BCUT2D eigenvalue weighted by Gasteiger charge is 2.32. The maximum absolute atomic E-state index is 11.9. The van der Waals surface area contributed by atoms with E-state index in [1.54, 1.807) is 27.1 Å². The van der Waals surface area contributed by atoms with Crippen molar-refractivity contribution in [2.24, 2.45) is 7.05 Å². The van der Waals surface area contributed by atoms with Gasteiger partial charge in [-0.3, -0.25) is 9.48 Å². The van der Waals surface area contributed by atoms with Gasteiger partial charge in [0.15, 0.2) is 0 Å². The lowest BCUT2D eigenvalue weighted by molar-refractivity contribution is -0.157. The second-order valence-electron chi connectivity index (χ2n) is 3.79. The molecule has 0 fully saturated rings. The fraction of sp³-hybridized carbons (Fsp3) is 0.500.